The van der Waals surface area contributed by atoms with Crippen molar-refractivity contribution in [1.82, 2.24) is 0 Å². The molecule has 0 fully saturated rings. The summed E-state index contributed by atoms with van der Waals surface area (Å²) < 4.78 is 36.4. The second-order valence-corrected chi connectivity index (χ2v) is 10.9. The summed E-state index contributed by atoms with van der Waals surface area (Å²) in [7, 11) is -4.38. The first-order chi connectivity index (χ1) is 15.1. The van der Waals surface area contributed by atoms with Crippen LogP contribution in [0.1, 0.15) is 62.9 Å². The zero-order chi connectivity index (χ0) is 24.9. The van der Waals surface area contributed by atoms with Crippen LogP contribution in [0.2, 0.25) is 0 Å². The van der Waals surface area contributed by atoms with Gasteiger partial charge < -0.3 is 4.55 Å². The number of benzene rings is 3. The van der Waals surface area contributed by atoms with Crippen LogP contribution in [0.4, 0.5) is 0 Å². The molecule has 3 rings (SSSR count). The van der Waals surface area contributed by atoms with E-state index in [4.69, 9.17) is 0 Å². The van der Waals surface area contributed by atoms with Crippen molar-refractivity contribution in [3.63, 3.8) is 0 Å². The third-order valence-electron chi connectivity index (χ3n) is 4.87. The fraction of sp³-hybridized carbons (Fsp3) is 0.357. The van der Waals surface area contributed by atoms with Crippen LogP contribution in [0, 0.1) is 41.8 Å². The van der Waals surface area contributed by atoms with Crippen LogP contribution in [0.15, 0.2) is 65.6 Å². The normalized spacial score (nSPS) is 9.76. The van der Waals surface area contributed by atoms with Gasteiger partial charge in [-0.3, -0.25) is 0 Å². The molecule has 0 aromatic heterocycles. The number of rotatable bonds is 3. The Morgan fingerprint density at radius 3 is 1.12 bits per heavy atom. The van der Waals surface area contributed by atoms with E-state index in [1.807, 2.05) is 48.5 Å². The molecule has 3 aromatic rings. The first kappa shape index (κ1) is 33.5. The van der Waals surface area contributed by atoms with Crippen LogP contribution in [-0.2, 0) is 10.1 Å². The second-order valence-electron chi connectivity index (χ2n) is 6.59. The van der Waals surface area contributed by atoms with Gasteiger partial charge in [0.1, 0.15) is 10.1 Å². The van der Waals surface area contributed by atoms with Crippen LogP contribution in [0.5, 0.6) is 0 Å². The van der Waals surface area contributed by atoms with Crippen molar-refractivity contribution in [2.75, 3.05) is 0 Å². The molecule has 0 saturated carbocycles. The van der Waals surface area contributed by atoms with Crippen LogP contribution in [-0.4, -0.2) is 13.0 Å². The average molecular weight is 585 g/mol. The SMILES string of the molecule is C.CC.CC.Cc1c(C)c(C)c(S(=O)(=O)[O-])c(C)c1C.c1ccc([I-]c2ccccc2)cc1. The number of halogens is 1. The van der Waals surface area contributed by atoms with Gasteiger partial charge in [-0.25, -0.2) is 8.42 Å². The Bertz CT molecular complexity index is 979. The molecule has 0 spiro atoms. The molecule has 33 heavy (non-hydrogen) atoms. The van der Waals surface area contributed by atoms with Crippen molar-refractivity contribution in [3.05, 3.63) is 95.6 Å². The van der Waals surface area contributed by atoms with E-state index in [0.29, 0.717) is 11.1 Å². The molecule has 0 radical (unpaired) electrons. The van der Waals surface area contributed by atoms with Crippen molar-refractivity contribution in [2.45, 2.75) is 74.6 Å². The van der Waals surface area contributed by atoms with E-state index in [2.05, 4.69) is 60.7 Å². The summed E-state index contributed by atoms with van der Waals surface area (Å²) in [5.74, 6) is 0. The standard InChI is InChI=1S/C12H10I.C11H16O3S.2C2H6.CH4/c1-3-7-11(8-4-1)13-12-9-5-2-6-10-12;1-6-7(2)9(4)11(15(12,13)14)10(5)8(6)3;2*1-2;/h1-10H;1-5H3,(H,12,13,14);2*1-2H3;1H4/q-1;;;;/p-1. The predicted octanol–water partition coefficient (Wildman–Crippen LogP) is 4.64. The molecule has 3 nitrogen and oxygen atoms in total. The van der Waals surface area contributed by atoms with Gasteiger partial charge >= 0.3 is 89.0 Å². The number of hydrogen-bond donors (Lipinski definition) is 0. The Hall–Kier alpha value is -1.70. The zero-order valence-corrected chi connectivity index (χ0v) is 23.8. The zero-order valence-electron chi connectivity index (χ0n) is 20.8. The first-order valence-corrected chi connectivity index (χ1v) is 14.5. The van der Waals surface area contributed by atoms with Crippen LogP contribution >= 0.6 is 0 Å². The summed E-state index contributed by atoms with van der Waals surface area (Å²) in [6.07, 6.45) is 0. The Morgan fingerprint density at radius 1 is 0.576 bits per heavy atom. The number of hydrogen-bond acceptors (Lipinski definition) is 3. The molecule has 0 aliphatic heterocycles. The molecule has 0 aliphatic rings. The average Bonchev–Trinajstić information content (AvgIpc) is 2.80. The summed E-state index contributed by atoms with van der Waals surface area (Å²) in [4.78, 5) is -0.0527. The molecule has 0 N–H and O–H groups in total. The molecule has 3 aromatic carbocycles. The predicted molar refractivity (Wildman–Crippen MR) is 138 cm³/mol. The van der Waals surface area contributed by atoms with Gasteiger partial charge in [0.25, 0.3) is 0 Å². The van der Waals surface area contributed by atoms with Crippen LogP contribution < -0.4 is 21.2 Å². The Balaban J connectivity index is 0. The van der Waals surface area contributed by atoms with Gasteiger partial charge in [-0.1, -0.05) is 35.1 Å². The van der Waals surface area contributed by atoms with Crippen molar-refractivity contribution in [2.24, 2.45) is 0 Å². The first-order valence-electron chi connectivity index (χ1n) is 10.9. The van der Waals surface area contributed by atoms with Crippen molar-refractivity contribution < 1.29 is 34.2 Å². The van der Waals surface area contributed by atoms with Gasteiger partial charge in [-0.05, 0) is 62.4 Å². The van der Waals surface area contributed by atoms with Crippen molar-refractivity contribution in [3.8, 4) is 0 Å². The minimum absolute atomic E-state index is 0. The molecule has 0 amide bonds. The molecule has 5 heteroatoms. The fourth-order valence-corrected chi connectivity index (χ4v) is 6.25. The molecule has 0 unspecified atom stereocenters. The van der Waals surface area contributed by atoms with E-state index < -0.39 is 10.1 Å². The van der Waals surface area contributed by atoms with E-state index >= 15 is 0 Å². The summed E-state index contributed by atoms with van der Waals surface area (Å²) in [6, 6.07) is 21.4. The maximum atomic E-state index is 11.1. The summed E-state index contributed by atoms with van der Waals surface area (Å²) in [5.41, 5.74) is 3.97. The molecule has 0 aliphatic carbocycles. The summed E-state index contributed by atoms with van der Waals surface area (Å²) in [6.45, 7) is 17.0. The topological polar surface area (TPSA) is 57.2 Å². The van der Waals surface area contributed by atoms with Gasteiger partial charge in [-0.2, -0.15) is 0 Å². The van der Waals surface area contributed by atoms with E-state index in [9.17, 15) is 13.0 Å². The Morgan fingerprint density at radius 2 is 0.848 bits per heavy atom. The molecule has 0 atom stereocenters. The van der Waals surface area contributed by atoms with E-state index in [1.165, 1.54) is 7.14 Å². The van der Waals surface area contributed by atoms with Gasteiger partial charge in [-0.15, -0.1) is 0 Å². The molecule has 186 valence electrons. The molecule has 0 bridgehead atoms. The van der Waals surface area contributed by atoms with Crippen molar-refractivity contribution >= 4 is 10.1 Å². The third kappa shape index (κ3) is 10.4. The molecular weight excluding hydrogens is 543 g/mol. The molecular formula is C28H41IO3S-2. The van der Waals surface area contributed by atoms with Crippen LogP contribution in [0.3, 0.4) is 0 Å². The third-order valence-corrected chi connectivity index (χ3v) is 8.66. The van der Waals surface area contributed by atoms with Gasteiger partial charge in [0.15, 0.2) is 0 Å². The molecule has 0 heterocycles. The Kier molecular flexibility index (Phi) is 17.1. The van der Waals surface area contributed by atoms with E-state index in [1.54, 1.807) is 13.8 Å². The Labute approximate surface area is 213 Å². The van der Waals surface area contributed by atoms with Crippen LogP contribution in [0.25, 0.3) is 0 Å². The summed E-state index contributed by atoms with van der Waals surface area (Å²) >= 11 is 0.0287. The van der Waals surface area contributed by atoms with Gasteiger partial charge in [0.2, 0.25) is 0 Å². The van der Waals surface area contributed by atoms with Gasteiger partial charge in [0, 0.05) is 0 Å². The van der Waals surface area contributed by atoms with E-state index in [-0.39, 0.29) is 33.5 Å². The maximum absolute atomic E-state index is 11.1. The van der Waals surface area contributed by atoms with Gasteiger partial charge in [0.05, 0.1) is 4.90 Å². The quantitative estimate of drug-likeness (QED) is 0.333. The minimum atomic E-state index is -4.38. The monoisotopic (exact) mass is 584 g/mol. The van der Waals surface area contributed by atoms with Crippen molar-refractivity contribution in [1.29, 1.82) is 0 Å². The fourth-order valence-electron chi connectivity index (χ4n) is 2.92. The molecule has 0 saturated heterocycles. The van der Waals surface area contributed by atoms with E-state index in [0.717, 1.165) is 16.7 Å². The second kappa shape index (κ2) is 16.8. The summed E-state index contributed by atoms with van der Waals surface area (Å²) in [5, 5.41) is 0.